The van der Waals surface area contributed by atoms with Gasteiger partial charge in [0.05, 0.1) is 6.42 Å². The van der Waals surface area contributed by atoms with Gasteiger partial charge in [-0.05, 0) is 42.2 Å². The summed E-state index contributed by atoms with van der Waals surface area (Å²) < 4.78 is 13.2. The fraction of sp³-hybridized carbons (Fsp3) is 0.333. The summed E-state index contributed by atoms with van der Waals surface area (Å²) in [6, 6.07) is 13.5. The third-order valence-electron chi connectivity index (χ3n) is 4.87. The number of carbonyl (C=O) groups excluding carboxylic acids is 2. The molecule has 1 aliphatic heterocycles. The zero-order valence-corrected chi connectivity index (χ0v) is 15.7. The lowest BCUT2D eigenvalue weighted by Crippen LogP contribution is -2.43. The normalized spacial score (nSPS) is 14.8. The van der Waals surface area contributed by atoms with Gasteiger partial charge in [-0.3, -0.25) is 9.59 Å². The fourth-order valence-corrected chi connectivity index (χ4v) is 3.50. The summed E-state index contributed by atoms with van der Waals surface area (Å²) in [5, 5.41) is 3.57. The molecule has 6 heteroatoms. The highest BCUT2D eigenvalue weighted by molar-refractivity contribution is 6.31. The van der Waals surface area contributed by atoms with E-state index >= 15 is 0 Å². The molecule has 1 saturated heterocycles. The van der Waals surface area contributed by atoms with Gasteiger partial charge in [0.1, 0.15) is 5.82 Å². The molecule has 27 heavy (non-hydrogen) atoms. The quantitative estimate of drug-likeness (QED) is 0.851. The van der Waals surface area contributed by atoms with Gasteiger partial charge in [0, 0.05) is 30.6 Å². The smallest absolute Gasteiger partial charge is 0.226 e. The number of piperidine rings is 1. The van der Waals surface area contributed by atoms with Gasteiger partial charge >= 0.3 is 0 Å². The van der Waals surface area contributed by atoms with Crippen molar-refractivity contribution < 1.29 is 14.0 Å². The number of rotatable bonds is 5. The molecule has 3 rings (SSSR count). The first-order valence-corrected chi connectivity index (χ1v) is 9.44. The lowest BCUT2D eigenvalue weighted by Gasteiger charge is -2.31. The van der Waals surface area contributed by atoms with E-state index in [4.69, 9.17) is 11.6 Å². The van der Waals surface area contributed by atoms with Gasteiger partial charge in [-0.15, -0.1) is 0 Å². The Bertz CT molecular complexity index is 819. The molecular weight excluding hydrogens is 367 g/mol. The summed E-state index contributed by atoms with van der Waals surface area (Å²) in [5.41, 5.74) is 1.55. The number of nitrogens with zero attached hydrogens (tertiary/aromatic N) is 1. The van der Waals surface area contributed by atoms with Gasteiger partial charge in [-0.1, -0.05) is 41.9 Å². The largest absolute Gasteiger partial charge is 0.352 e. The number of halogens is 2. The molecule has 2 amide bonds. The Hall–Kier alpha value is -2.40. The minimum atomic E-state index is -0.339. The number of nitrogens with one attached hydrogen (secondary N) is 1. The molecule has 1 N–H and O–H groups in total. The van der Waals surface area contributed by atoms with Crippen molar-refractivity contribution in [3.63, 3.8) is 0 Å². The van der Waals surface area contributed by atoms with Gasteiger partial charge in [-0.2, -0.15) is 0 Å². The number of benzene rings is 2. The molecule has 0 spiro atoms. The Morgan fingerprint density at radius 3 is 2.56 bits per heavy atom. The second kappa shape index (κ2) is 9.00. The molecule has 0 aromatic heterocycles. The third-order valence-corrected chi connectivity index (χ3v) is 5.24. The van der Waals surface area contributed by atoms with E-state index in [9.17, 15) is 14.0 Å². The van der Waals surface area contributed by atoms with Crippen LogP contribution in [-0.4, -0.2) is 29.8 Å². The second-order valence-electron chi connectivity index (χ2n) is 6.77. The average Bonchev–Trinajstić information content (AvgIpc) is 2.67. The highest BCUT2D eigenvalue weighted by Gasteiger charge is 2.27. The predicted octanol–water partition coefficient (Wildman–Crippen LogP) is 3.58. The Balaban J connectivity index is 1.46. The number of hydrogen-bond acceptors (Lipinski definition) is 2. The van der Waals surface area contributed by atoms with E-state index in [0.29, 0.717) is 43.1 Å². The van der Waals surface area contributed by atoms with Crippen LogP contribution in [0.2, 0.25) is 5.02 Å². The molecule has 0 unspecified atom stereocenters. The van der Waals surface area contributed by atoms with Gasteiger partial charge in [0.15, 0.2) is 0 Å². The van der Waals surface area contributed by atoms with Crippen LogP contribution in [0.5, 0.6) is 0 Å². The first-order chi connectivity index (χ1) is 13.0. The summed E-state index contributed by atoms with van der Waals surface area (Å²) in [6.07, 6.45) is 1.44. The summed E-state index contributed by atoms with van der Waals surface area (Å²) in [4.78, 5) is 26.5. The van der Waals surface area contributed by atoms with Crippen molar-refractivity contribution in [1.82, 2.24) is 10.2 Å². The van der Waals surface area contributed by atoms with Crippen LogP contribution in [0.1, 0.15) is 24.0 Å². The number of hydrogen-bond donors (Lipinski definition) is 1. The van der Waals surface area contributed by atoms with Gasteiger partial charge in [-0.25, -0.2) is 4.39 Å². The number of carbonyl (C=O) groups is 2. The Morgan fingerprint density at radius 1 is 1.11 bits per heavy atom. The lowest BCUT2D eigenvalue weighted by molar-refractivity contribution is -0.135. The molecule has 1 aliphatic rings. The van der Waals surface area contributed by atoms with Crippen LogP contribution >= 0.6 is 11.6 Å². The molecule has 1 fully saturated rings. The molecular formula is C21H22ClFN2O2. The molecule has 0 radical (unpaired) electrons. The summed E-state index contributed by atoms with van der Waals surface area (Å²) >= 11 is 6.10. The minimum Gasteiger partial charge on any atom is -0.352 e. The Kier molecular flexibility index (Phi) is 6.45. The summed E-state index contributed by atoms with van der Waals surface area (Å²) in [5.74, 6) is -0.484. The first kappa shape index (κ1) is 19.4. The van der Waals surface area contributed by atoms with Crippen molar-refractivity contribution in [1.29, 1.82) is 0 Å². The van der Waals surface area contributed by atoms with E-state index < -0.39 is 0 Å². The van der Waals surface area contributed by atoms with Crippen LogP contribution < -0.4 is 5.32 Å². The van der Waals surface area contributed by atoms with Gasteiger partial charge in [0.25, 0.3) is 0 Å². The van der Waals surface area contributed by atoms with Crippen molar-refractivity contribution in [3.05, 3.63) is 70.5 Å². The zero-order chi connectivity index (χ0) is 19.2. The van der Waals surface area contributed by atoms with Crippen molar-refractivity contribution in [2.75, 3.05) is 13.1 Å². The molecule has 2 aromatic rings. The molecule has 2 aromatic carbocycles. The second-order valence-corrected chi connectivity index (χ2v) is 7.18. The minimum absolute atomic E-state index is 0.00727. The molecule has 0 aliphatic carbocycles. The topological polar surface area (TPSA) is 49.4 Å². The molecule has 142 valence electrons. The average molecular weight is 389 g/mol. The van der Waals surface area contributed by atoms with Crippen molar-refractivity contribution in [2.24, 2.45) is 5.92 Å². The van der Waals surface area contributed by atoms with Gasteiger partial charge < -0.3 is 10.2 Å². The molecule has 0 atom stereocenters. The molecule has 4 nitrogen and oxygen atoms in total. The van der Waals surface area contributed by atoms with Crippen molar-refractivity contribution in [2.45, 2.75) is 25.8 Å². The van der Waals surface area contributed by atoms with E-state index in [0.717, 1.165) is 5.56 Å². The van der Waals surface area contributed by atoms with Crippen LogP contribution in [0, 0.1) is 11.7 Å². The van der Waals surface area contributed by atoms with E-state index in [-0.39, 0.29) is 30.0 Å². The Morgan fingerprint density at radius 2 is 1.85 bits per heavy atom. The third kappa shape index (κ3) is 5.30. The number of amides is 2. The van der Waals surface area contributed by atoms with Crippen molar-refractivity contribution >= 4 is 23.4 Å². The highest BCUT2D eigenvalue weighted by Crippen LogP contribution is 2.20. The predicted molar refractivity (Wildman–Crippen MR) is 103 cm³/mol. The molecule has 1 heterocycles. The SMILES string of the molecule is O=C(NCc1ccccc1Cl)C1CCN(C(=O)Cc2cccc(F)c2)CC1. The maximum Gasteiger partial charge on any atom is 0.226 e. The van der Waals surface area contributed by atoms with Crippen molar-refractivity contribution in [3.8, 4) is 0 Å². The first-order valence-electron chi connectivity index (χ1n) is 9.06. The van der Waals surface area contributed by atoms with Gasteiger partial charge in [0.2, 0.25) is 11.8 Å². The molecule has 0 bridgehead atoms. The summed E-state index contributed by atoms with van der Waals surface area (Å²) in [6.45, 7) is 1.48. The van der Waals surface area contributed by atoms with Crippen LogP contribution in [0.25, 0.3) is 0 Å². The van der Waals surface area contributed by atoms with Crippen LogP contribution in [0.3, 0.4) is 0 Å². The van der Waals surface area contributed by atoms with E-state index in [1.54, 1.807) is 23.1 Å². The maximum absolute atomic E-state index is 13.2. The zero-order valence-electron chi connectivity index (χ0n) is 15.0. The Labute approximate surface area is 163 Å². The maximum atomic E-state index is 13.2. The lowest BCUT2D eigenvalue weighted by atomic mass is 9.95. The number of likely N-dealkylation sites (tertiary alicyclic amines) is 1. The van der Waals surface area contributed by atoms with E-state index in [1.807, 2.05) is 18.2 Å². The van der Waals surface area contributed by atoms with Crippen LogP contribution in [0.15, 0.2) is 48.5 Å². The molecule has 0 saturated carbocycles. The van der Waals surface area contributed by atoms with Crippen LogP contribution in [-0.2, 0) is 22.6 Å². The van der Waals surface area contributed by atoms with E-state index in [2.05, 4.69) is 5.32 Å². The van der Waals surface area contributed by atoms with Crippen LogP contribution in [0.4, 0.5) is 4.39 Å². The standard InChI is InChI=1S/C21H22ClFN2O2/c22-19-7-2-1-5-17(19)14-24-21(27)16-8-10-25(11-9-16)20(26)13-15-4-3-6-18(23)12-15/h1-7,12,16H,8-11,13-14H2,(H,24,27). The summed E-state index contributed by atoms with van der Waals surface area (Å²) in [7, 11) is 0. The highest BCUT2D eigenvalue weighted by atomic mass is 35.5. The van der Waals surface area contributed by atoms with E-state index in [1.165, 1.54) is 12.1 Å². The fourth-order valence-electron chi connectivity index (χ4n) is 3.29. The monoisotopic (exact) mass is 388 g/mol.